The third-order valence-corrected chi connectivity index (χ3v) is 2.72. The minimum atomic E-state index is -0.00721. The average molecular weight is 260 g/mol. The van der Waals surface area contributed by atoms with Crippen LogP contribution in [0.3, 0.4) is 0 Å². The molecule has 0 aliphatic heterocycles. The van der Waals surface area contributed by atoms with Crippen LogP contribution in [0.5, 0.6) is 5.75 Å². The Morgan fingerprint density at radius 1 is 1.37 bits per heavy atom. The van der Waals surface area contributed by atoms with Gasteiger partial charge in [-0.3, -0.25) is 9.89 Å². The van der Waals surface area contributed by atoms with E-state index >= 15 is 0 Å². The van der Waals surface area contributed by atoms with E-state index in [0.29, 0.717) is 25.2 Å². The molecule has 0 fully saturated rings. The lowest BCUT2D eigenvalue weighted by Crippen LogP contribution is -2.23. The number of ether oxygens (including phenoxy) is 1. The molecule has 1 heterocycles. The highest BCUT2D eigenvalue weighted by Gasteiger charge is 2.03. The number of carbonyl (C=O) groups is 1. The van der Waals surface area contributed by atoms with Crippen LogP contribution in [-0.2, 0) is 17.8 Å². The van der Waals surface area contributed by atoms with E-state index in [0.717, 1.165) is 11.3 Å². The fourth-order valence-electron chi connectivity index (χ4n) is 1.64. The summed E-state index contributed by atoms with van der Waals surface area (Å²) in [5.74, 6) is 1.46. The van der Waals surface area contributed by atoms with Crippen molar-refractivity contribution in [3.05, 3.63) is 42.0 Å². The molecule has 1 aromatic heterocycles. The van der Waals surface area contributed by atoms with E-state index in [9.17, 15) is 4.79 Å². The van der Waals surface area contributed by atoms with Gasteiger partial charge in [-0.15, -0.1) is 0 Å². The van der Waals surface area contributed by atoms with Gasteiger partial charge in [0.15, 0.2) is 0 Å². The second-order valence-corrected chi connectivity index (χ2v) is 4.06. The molecule has 1 aromatic carbocycles. The SMILES string of the molecule is COc1ccc(CCC(=O)NCc2ncn[nH]2)cc1. The molecule has 19 heavy (non-hydrogen) atoms. The number of amides is 1. The molecule has 6 heteroatoms. The Morgan fingerprint density at radius 2 is 2.16 bits per heavy atom. The van der Waals surface area contributed by atoms with Gasteiger partial charge in [-0.2, -0.15) is 5.10 Å². The first-order valence-corrected chi connectivity index (χ1v) is 6.02. The normalized spacial score (nSPS) is 10.2. The largest absolute Gasteiger partial charge is 0.497 e. The van der Waals surface area contributed by atoms with Gasteiger partial charge in [0.1, 0.15) is 17.9 Å². The quantitative estimate of drug-likeness (QED) is 0.814. The van der Waals surface area contributed by atoms with Gasteiger partial charge in [0.25, 0.3) is 0 Å². The van der Waals surface area contributed by atoms with Crippen molar-refractivity contribution in [3.8, 4) is 5.75 Å². The first-order chi connectivity index (χ1) is 9.28. The predicted molar refractivity (Wildman–Crippen MR) is 69.5 cm³/mol. The third kappa shape index (κ3) is 4.09. The maximum Gasteiger partial charge on any atom is 0.220 e. The van der Waals surface area contributed by atoms with Crippen molar-refractivity contribution in [1.82, 2.24) is 20.5 Å². The Morgan fingerprint density at radius 3 is 2.79 bits per heavy atom. The lowest BCUT2D eigenvalue weighted by atomic mass is 10.1. The molecule has 1 amide bonds. The van der Waals surface area contributed by atoms with Gasteiger partial charge in [0, 0.05) is 6.42 Å². The topological polar surface area (TPSA) is 79.9 Å². The first-order valence-electron chi connectivity index (χ1n) is 6.02. The number of benzene rings is 1. The van der Waals surface area contributed by atoms with Gasteiger partial charge in [-0.1, -0.05) is 12.1 Å². The zero-order valence-electron chi connectivity index (χ0n) is 10.7. The Balaban J connectivity index is 1.73. The molecule has 6 nitrogen and oxygen atoms in total. The summed E-state index contributed by atoms with van der Waals surface area (Å²) in [6.45, 7) is 0.376. The molecule has 0 saturated heterocycles. The van der Waals surface area contributed by atoms with Crippen molar-refractivity contribution in [3.63, 3.8) is 0 Å². The van der Waals surface area contributed by atoms with Crippen molar-refractivity contribution in [2.24, 2.45) is 0 Å². The van der Waals surface area contributed by atoms with Crippen LogP contribution < -0.4 is 10.1 Å². The maximum absolute atomic E-state index is 11.6. The zero-order chi connectivity index (χ0) is 13.5. The number of carbonyl (C=O) groups excluding carboxylic acids is 1. The highest BCUT2D eigenvalue weighted by Crippen LogP contribution is 2.12. The number of aryl methyl sites for hydroxylation is 1. The summed E-state index contributed by atoms with van der Waals surface area (Å²) < 4.78 is 5.08. The lowest BCUT2D eigenvalue weighted by Gasteiger charge is -2.04. The van der Waals surface area contributed by atoms with Gasteiger partial charge in [-0.25, -0.2) is 4.98 Å². The van der Waals surface area contributed by atoms with Crippen molar-refractivity contribution in [2.45, 2.75) is 19.4 Å². The molecule has 0 bridgehead atoms. The van der Waals surface area contributed by atoms with Gasteiger partial charge in [-0.05, 0) is 24.1 Å². The molecule has 0 aliphatic carbocycles. The summed E-state index contributed by atoms with van der Waals surface area (Å²) in [5.41, 5.74) is 1.11. The maximum atomic E-state index is 11.6. The summed E-state index contributed by atoms with van der Waals surface area (Å²) >= 11 is 0. The number of aromatic nitrogens is 3. The van der Waals surface area contributed by atoms with E-state index in [1.165, 1.54) is 6.33 Å². The molecular formula is C13H16N4O2. The summed E-state index contributed by atoms with van der Waals surface area (Å²) in [4.78, 5) is 15.6. The van der Waals surface area contributed by atoms with Crippen molar-refractivity contribution < 1.29 is 9.53 Å². The monoisotopic (exact) mass is 260 g/mol. The molecule has 0 spiro atoms. The van der Waals surface area contributed by atoms with Crippen LogP contribution in [0.1, 0.15) is 17.8 Å². The van der Waals surface area contributed by atoms with Crippen LogP contribution in [0.25, 0.3) is 0 Å². The fourth-order valence-corrected chi connectivity index (χ4v) is 1.64. The molecule has 0 radical (unpaired) electrons. The number of H-pyrrole nitrogens is 1. The molecule has 2 aromatic rings. The Hall–Kier alpha value is -2.37. The van der Waals surface area contributed by atoms with E-state index in [-0.39, 0.29) is 5.91 Å². The Bertz CT molecular complexity index is 508. The molecular weight excluding hydrogens is 244 g/mol. The predicted octanol–water partition coefficient (Wildman–Crippen LogP) is 1.06. The standard InChI is InChI=1S/C13H16N4O2/c1-19-11-5-2-10(3-6-11)4-7-13(18)14-8-12-15-9-16-17-12/h2-3,5-6,9H,4,7-8H2,1H3,(H,14,18)(H,15,16,17). The van der Waals surface area contributed by atoms with Gasteiger partial charge >= 0.3 is 0 Å². The highest BCUT2D eigenvalue weighted by atomic mass is 16.5. The van der Waals surface area contributed by atoms with Gasteiger partial charge < -0.3 is 10.1 Å². The van der Waals surface area contributed by atoms with Crippen LogP contribution >= 0.6 is 0 Å². The summed E-state index contributed by atoms with van der Waals surface area (Å²) in [6.07, 6.45) is 2.56. The summed E-state index contributed by atoms with van der Waals surface area (Å²) in [6, 6.07) is 7.70. The van der Waals surface area contributed by atoms with Crippen molar-refractivity contribution in [1.29, 1.82) is 0 Å². The van der Waals surface area contributed by atoms with Crippen LogP contribution in [0.4, 0.5) is 0 Å². The molecule has 0 unspecified atom stereocenters. The summed E-state index contributed by atoms with van der Waals surface area (Å²) in [5, 5.41) is 9.18. The van der Waals surface area contributed by atoms with E-state index in [1.54, 1.807) is 7.11 Å². The molecule has 0 atom stereocenters. The molecule has 100 valence electrons. The van der Waals surface area contributed by atoms with Gasteiger partial charge in [0.05, 0.1) is 13.7 Å². The van der Waals surface area contributed by atoms with E-state index < -0.39 is 0 Å². The number of nitrogens with zero attached hydrogens (tertiary/aromatic N) is 2. The van der Waals surface area contributed by atoms with Crippen LogP contribution in [-0.4, -0.2) is 28.2 Å². The second kappa shape index (κ2) is 6.53. The highest BCUT2D eigenvalue weighted by molar-refractivity contribution is 5.76. The van der Waals surface area contributed by atoms with Crippen LogP contribution in [0.2, 0.25) is 0 Å². The molecule has 2 rings (SSSR count). The number of nitrogens with one attached hydrogen (secondary N) is 2. The Labute approximate surface area is 111 Å². The Kier molecular flexibility index (Phi) is 4.49. The van der Waals surface area contributed by atoms with E-state index in [1.807, 2.05) is 24.3 Å². The van der Waals surface area contributed by atoms with Gasteiger partial charge in [0.2, 0.25) is 5.91 Å². The summed E-state index contributed by atoms with van der Waals surface area (Å²) in [7, 11) is 1.63. The smallest absolute Gasteiger partial charge is 0.220 e. The fraction of sp³-hybridized carbons (Fsp3) is 0.308. The second-order valence-electron chi connectivity index (χ2n) is 4.06. The number of methoxy groups -OCH3 is 1. The van der Waals surface area contributed by atoms with Crippen molar-refractivity contribution >= 4 is 5.91 Å². The molecule has 2 N–H and O–H groups in total. The lowest BCUT2D eigenvalue weighted by molar-refractivity contribution is -0.121. The first kappa shape index (κ1) is 13.1. The zero-order valence-corrected chi connectivity index (χ0v) is 10.7. The molecule has 0 aliphatic rings. The van der Waals surface area contributed by atoms with E-state index in [2.05, 4.69) is 20.5 Å². The number of hydrogen-bond acceptors (Lipinski definition) is 4. The third-order valence-electron chi connectivity index (χ3n) is 2.72. The number of rotatable bonds is 6. The number of aromatic amines is 1. The van der Waals surface area contributed by atoms with Crippen molar-refractivity contribution in [2.75, 3.05) is 7.11 Å². The minimum Gasteiger partial charge on any atom is -0.497 e. The van der Waals surface area contributed by atoms with E-state index in [4.69, 9.17) is 4.74 Å². The minimum absolute atomic E-state index is 0.00721. The molecule has 0 saturated carbocycles. The van der Waals surface area contributed by atoms with Crippen LogP contribution in [0, 0.1) is 0 Å². The van der Waals surface area contributed by atoms with Crippen LogP contribution in [0.15, 0.2) is 30.6 Å². The average Bonchev–Trinajstić information content (AvgIpc) is 2.96. The number of hydrogen-bond donors (Lipinski definition) is 2.